The van der Waals surface area contributed by atoms with Crippen molar-refractivity contribution in [3.05, 3.63) is 101 Å². The number of likely N-dealkylation sites (tertiary alicyclic amines) is 1. The van der Waals surface area contributed by atoms with Crippen LogP contribution in [0.25, 0.3) is 0 Å². The van der Waals surface area contributed by atoms with Crippen LogP contribution in [0.2, 0.25) is 0 Å². The van der Waals surface area contributed by atoms with E-state index in [1.807, 2.05) is 59.5 Å². The van der Waals surface area contributed by atoms with Gasteiger partial charge in [0.1, 0.15) is 0 Å². The fourth-order valence-corrected chi connectivity index (χ4v) is 5.85. The standard InChI is InChI=1S/C31H36N4O2/c1-3-34(4-2)20-18-32-30(36)24-15-16-27-26(21-24)29-25(28(33-27)22-11-7-5-8-12-22)17-19-35(29)31(37)23-13-9-6-10-14-23/h5-16,21,25,28-29,33H,3-4,17-20H2,1-2H3,(H,32,36). The molecule has 0 spiro atoms. The topological polar surface area (TPSA) is 64.7 Å². The summed E-state index contributed by atoms with van der Waals surface area (Å²) in [4.78, 5) is 31.0. The predicted molar refractivity (Wildman–Crippen MR) is 148 cm³/mol. The maximum atomic E-state index is 13.7. The smallest absolute Gasteiger partial charge is 0.254 e. The molecule has 0 bridgehead atoms. The van der Waals surface area contributed by atoms with Crippen LogP contribution in [0.5, 0.6) is 0 Å². The van der Waals surface area contributed by atoms with Gasteiger partial charge in [-0.1, -0.05) is 62.4 Å². The van der Waals surface area contributed by atoms with Crippen molar-refractivity contribution >= 4 is 17.5 Å². The van der Waals surface area contributed by atoms with Gasteiger partial charge in [0.25, 0.3) is 11.8 Å². The van der Waals surface area contributed by atoms with E-state index in [2.05, 4.69) is 53.6 Å². The summed E-state index contributed by atoms with van der Waals surface area (Å²) in [6, 6.07) is 25.9. The fourth-order valence-electron chi connectivity index (χ4n) is 5.85. The number of carbonyl (C=O) groups is 2. The van der Waals surface area contributed by atoms with Crippen molar-refractivity contribution in [3.8, 4) is 0 Å². The Morgan fingerprint density at radius 2 is 1.65 bits per heavy atom. The first-order valence-corrected chi connectivity index (χ1v) is 13.4. The zero-order valence-electron chi connectivity index (χ0n) is 21.7. The average molecular weight is 497 g/mol. The van der Waals surface area contributed by atoms with Crippen molar-refractivity contribution in [2.75, 3.05) is 38.0 Å². The van der Waals surface area contributed by atoms with E-state index in [1.54, 1.807) is 0 Å². The third-order valence-electron chi connectivity index (χ3n) is 7.86. The lowest BCUT2D eigenvalue weighted by Crippen LogP contribution is -2.38. The molecule has 6 nitrogen and oxygen atoms in total. The van der Waals surface area contributed by atoms with Gasteiger partial charge in [-0.25, -0.2) is 0 Å². The van der Waals surface area contributed by atoms with Gasteiger partial charge in [0.2, 0.25) is 0 Å². The van der Waals surface area contributed by atoms with Gasteiger partial charge in [-0.05, 0) is 61.0 Å². The van der Waals surface area contributed by atoms with E-state index in [1.165, 1.54) is 5.56 Å². The quantitative estimate of drug-likeness (QED) is 0.454. The molecule has 2 aliphatic rings. The Hall–Kier alpha value is -3.64. The van der Waals surface area contributed by atoms with Crippen molar-refractivity contribution in [1.82, 2.24) is 15.1 Å². The minimum absolute atomic E-state index is 0.0434. The van der Waals surface area contributed by atoms with Gasteiger partial charge < -0.3 is 20.4 Å². The first-order valence-electron chi connectivity index (χ1n) is 13.4. The summed E-state index contributed by atoms with van der Waals surface area (Å²) in [5.41, 5.74) is 4.56. The number of hydrogen-bond acceptors (Lipinski definition) is 4. The Kier molecular flexibility index (Phi) is 7.56. The first kappa shape index (κ1) is 25.0. The molecule has 3 unspecified atom stereocenters. The van der Waals surface area contributed by atoms with E-state index in [0.29, 0.717) is 24.2 Å². The largest absolute Gasteiger partial charge is 0.378 e. The molecule has 2 heterocycles. The van der Waals surface area contributed by atoms with Crippen molar-refractivity contribution < 1.29 is 9.59 Å². The molecule has 2 amide bonds. The molecular formula is C31H36N4O2. The zero-order valence-corrected chi connectivity index (χ0v) is 21.7. The predicted octanol–water partition coefficient (Wildman–Crippen LogP) is 5.13. The Morgan fingerprint density at radius 3 is 2.35 bits per heavy atom. The van der Waals surface area contributed by atoms with Crippen LogP contribution in [0.3, 0.4) is 0 Å². The number of nitrogens with zero attached hydrogens (tertiary/aromatic N) is 2. The number of carbonyl (C=O) groups excluding carboxylic acids is 2. The highest BCUT2D eigenvalue weighted by Crippen LogP contribution is 2.51. The van der Waals surface area contributed by atoms with Crippen LogP contribution in [-0.2, 0) is 0 Å². The van der Waals surface area contributed by atoms with Crippen molar-refractivity contribution in [2.45, 2.75) is 32.4 Å². The normalized spacial score (nSPS) is 20.2. The van der Waals surface area contributed by atoms with Gasteiger partial charge in [-0.15, -0.1) is 0 Å². The van der Waals surface area contributed by atoms with E-state index in [0.717, 1.165) is 37.3 Å². The highest BCUT2D eigenvalue weighted by molar-refractivity contribution is 5.96. The van der Waals surface area contributed by atoms with E-state index >= 15 is 0 Å². The Morgan fingerprint density at radius 1 is 0.946 bits per heavy atom. The van der Waals surface area contributed by atoms with Crippen LogP contribution >= 0.6 is 0 Å². The maximum Gasteiger partial charge on any atom is 0.254 e. The molecule has 6 heteroatoms. The number of anilines is 1. The zero-order chi connectivity index (χ0) is 25.8. The highest BCUT2D eigenvalue weighted by atomic mass is 16.2. The third kappa shape index (κ3) is 5.12. The number of hydrogen-bond donors (Lipinski definition) is 2. The second kappa shape index (κ2) is 11.2. The lowest BCUT2D eigenvalue weighted by atomic mass is 9.79. The maximum absolute atomic E-state index is 13.7. The summed E-state index contributed by atoms with van der Waals surface area (Å²) in [7, 11) is 0. The van der Waals surface area contributed by atoms with Crippen LogP contribution in [0.15, 0.2) is 78.9 Å². The molecule has 0 saturated carbocycles. The average Bonchev–Trinajstić information content (AvgIpc) is 3.40. The summed E-state index contributed by atoms with van der Waals surface area (Å²) in [5.74, 6) is 0.181. The molecule has 5 rings (SSSR count). The number of amides is 2. The second-order valence-electron chi connectivity index (χ2n) is 9.88. The van der Waals surface area contributed by atoms with Crippen molar-refractivity contribution in [2.24, 2.45) is 5.92 Å². The van der Waals surface area contributed by atoms with E-state index in [-0.39, 0.29) is 29.8 Å². The SMILES string of the molecule is CCN(CC)CCNC(=O)c1ccc2c(c1)C1C(CCN1C(=O)c1ccccc1)C(c1ccccc1)N2. The van der Waals surface area contributed by atoms with Gasteiger partial charge in [-0.3, -0.25) is 9.59 Å². The Bertz CT molecular complexity index is 1230. The van der Waals surface area contributed by atoms with E-state index in [4.69, 9.17) is 0 Å². The summed E-state index contributed by atoms with van der Waals surface area (Å²) < 4.78 is 0. The summed E-state index contributed by atoms with van der Waals surface area (Å²) >= 11 is 0. The summed E-state index contributed by atoms with van der Waals surface area (Å²) in [6.07, 6.45) is 0.898. The van der Waals surface area contributed by atoms with Crippen LogP contribution in [0.4, 0.5) is 5.69 Å². The van der Waals surface area contributed by atoms with Gasteiger partial charge in [0, 0.05) is 42.4 Å². The molecule has 3 aromatic rings. The lowest BCUT2D eigenvalue weighted by Gasteiger charge is -2.40. The van der Waals surface area contributed by atoms with Gasteiger partial charge >= 0.3 is 0 Å². The Balaban J connectivity index is 1.46. The van der Waals surface area contributed by atoms with Crippen LogP contribution in [0.1, 0.15) is 64.2 Å². The van der Waals surface area contributed by atoms with E-state index < -0.39 is 0 Å². The molecule has 3 aromatic carbocycles. The summed E-state index contributed by atoms with van der Waals surface area (Å²) in [5, 5.41) is 6.82. The number of fused-ring (bicyclic) bond motifs is 3. The molecule has 0 aliphatic carbocycles. The Labute approximate surface area is 219 Å². The molecule has 2 N–H and O–H groups in total. The lowest BCUT2D eigenvalue weighted by molar-refractivity contribution is 0.0709. The first-order chi connectivity index (χ1) is 18.1. The molecule has 37 heavy (non-hydrogen) atoms. The van der Waals surface area contributed by atoms with Gasteiger partial charge in [-0.2, -0.15) is 0 Å². The second-order valence-corrected chi connectivity index (χ2v) is 9.88. The fraction of sp³-hybridized carbons (Fsp3) is 0.355. The van der Waals surface area contributed by atoms with Crippen LogP contribution in [-0.4, -0.2) is 54.3 Å². The molecular weight excluding hydrogens is 460 g/mol. The van der Waals surface area contributed by atoms with Gasteiger partial charge in [0.15, 0.2) is 0 Å². The third-order valence-corrected chi connectivity index (χ3v) is 7.86. The van der Waals surface area contributed by atoms with Crippen molar-refractivity contribution in [3.63, 3.8) is 0 Å². The molecule has 1 saturated heterocycles. The minimum atomic E-state index is -0.0995. The highest BCUT2D eigenvalue weighted by Gasteiger charge is 2.46. The number of rotatable bonds is 8. The number of benzene rings is 3. The van der Waals surface area contributed by atoms with E-state index in [9.17, 15) is 9.59 Å². The monoisotopic (exact) mass is 496 g/mol. The molecule has 0 radical (unpaired) electrons. The number of likely N-dealkylation sites (N-methyl/N-ethyl adjacent to an activating group) is 1. The van der Waals surface area contributed by atoms with Crippen LogP contribution in [0, 0.1) is 5.92 Å². The van der Waals surface area contributed by atoms with Crippen LogP contribution < -0.4 is 10.6 Å². The van der Waals surface area contributed by atoms with Crippen molar-refractivity contribution in [1.29, 1.82) is 0 Å². The molecule has 0 aromatic heterocycles. The molecule has 3 atom stereocenters. The molecule has 1 fully saturated rings. The van der Waals surface area contributed by atoms with Gasteiger partial charge in [0.05, 0.1) is 12.1 Å². The number of nitrogens with one attached hydrogen (secondary N) is 2. The molecule has 2 aliphatic heterocycles. The minimum Gasteiger partial charge on any atom is -0.378 e. The summed E-state index contributed by atoms with van der Waals surface area (Å²) in [6.45, 7) is 8.32. The molecule has 192 valence electrons.